The van der Waals surface area contributed by atoms with Crippen molar-refractivity contribution in [3.8, 4) is 0 Å². The second-order valence-electron chi connectivity index (χ2n) is 5.66. The first-order valence-electron chi connectivity index (χ1n) is 7.74. The Balaban J connectivity index is 2.32. The van der Waals surface area contributed by atoms with Crippen LogP contribution in [-0.2, 0) is 4.74 Å². The van der Waals surface area contributed by atoms with Crippen LogP contribution < -0.4 is 5.32 Å². The van der Waals surface area contributed by atoms with E-state index in [4.69, 9.17) is 4.74 Å². The van der Waals surface area contributed by atoms with Gasteiger partial charge in [-0.25, -0.2) is 0 Å². The van der Waals surface area contributed by atoms with Gasteiger partial charge in [0.15, 0.2) is 0 Å². The molecule has 2 unspecified atom stereocenters. The van der Waals surface area contributed by atoms with Gasteiger partial charge in [0.1, 0.15) is 0 Å². The molecule has 1 aliphatic heterocycles. The smallest absolute Gasteiger partial charge is 0.0502 e. The zero-order valence-corrected chi connectivity index (χ0v) is 12.6. The maximum atomic E-state index is 5.30. The summed E-state index contributed by atoms with van der Waals surface area (Å²) in [6, 6.07) is 0.677. The molecule has 0 spiro atoms. The van der Waals surface area contributed by atoms with Gasteiger partial charge < -0.3 is 15.0 Å². The van der Waals surface area contributed by atoms with Gasteiger partial charge in [-0.2, -0.15) is 0 Å². The van der Waals surface area contributed by atoms with Gasteiger partial charge in [0, 0.05) is 26.2 Å². The number of methoxy groups -OCH3 is 1. The summed E-state index contributed by atoms with van der Waals surface area (Å²) in [4.78, 5) is 2.64. The lowest BCUT2D eigenvalue weighted by molar-refractivity contribution is 0.0850. The highest BCUT2D eigenvalue weighted by Gasteiger charge is 2.21. The highest BCUT2D eigenvalue weighted by atomic mass is 16.5. The van der Waals surface area contributed by atoms with Crippen molar-refractivity contribution in [3.05, 3.63) is 0 Å². The van der Waals surface area contributed by atoms with Crippen LogP contribution in [0.2, 0.25) is 0 Å². The first-order valence-corrected chi connectivity index (χ1v) is 7.74. The lowest BCUT2D eigenvalue weighted by Crippen LogP contribution is -2.45. The van der Waals surface area contributed by atoms with Crippen LogP contribution in [0, 0.1) is 5.92 Å². The third-order valence-electron chi connectivity index (χ3n) is 3.80. The minimum atomic E-state index is 0.677. The topological polar surface area (TPSA) is 24.5 Å². The molecule has 1 heterocycles. The molecule has 0 aromatic rings. The van der Waals surface area contributed by atoms with Gasteiger partial charge >= 0.3 is 0 Å². The number of ether oxygens (including phenoxy) is 1. The van der Waals surface area contributed by atoms with Crippen LogP contribution in [0.1, 0.15) is 46.0 Å². The van der Waals surface area contributed by atoms with Crippen LogP contribution in [0.25, 0.3) is 0 Å². The number of hydrogen-bond donors (Lipinski definition) is 1. The summed E-state index contributed by atoms with van der Waals surface area (Å²) < 4.78 is 5.30. The predicted molar refractivity (Wildman–Crippen MR) is 78.0 cm³/mol. The van der Waals surface area contributed by atoms with Crippen molar-refractivity contribution in [1.82, 2.24) is 10.2 Å². The largest absolute Gasteiger partial charge is 0.384 e. The van der Waals surface area contributed by atoms with E-state index in [2.05, 4.69) is 24.1 Å². The van der Waals surface area contributed by atoms with Gasteiger partial charge in [0.2, 0.25) is 0 Å². The van der Waals surface area contributed by atoms with E-state index in [0.29, 0.717) is 6.04 Å². The molecule has 1 rings (SSSR count). The Hall–Kier alpha value is -0.120. The molecular formula is C15H32N2O. The SMILES string of the molecule is CCCNC(CCC)CN1CCCC(COC)C1. The monoisotopic (exact) mass is 256 g/mol. The molecule has 2 atom stereocenters. The van der Waals surface area contributed by atoms with E-state index < -0.39 is 0 Å². The Morgan fingerprint density at radius 3 is 2.83 bits per heavy atom. The molecule has 18 heavy (non-hydrogen) atoms. The second-order valence-corrected chi connectivity index (χ2v) is 5.66. The summed E-state index contributed by atoms with van der Waals surface area (Å²) in [5.41, 5.74) is 0. The minimum Gasteiger partial charge on any atom is -0.384 e. The third-order valence-corrected chi connectivity index (χ3v) is 3.80. The maximum Gasteiger partial charge on any atom is 0.0502 e. The van der Waals surface area contributed by atoms with E-state index in [1.165, 1.54) is 51.7 Å². The molecule has 0 bridgehead atoms. The quantitative estimate of drug-likeness (QED) is 0.686. The first-order chi connectivity index (χ1) is 8.80. The summed E-state index contributed by atoms with van der Waals surface area (Å²) in [6.07, 6.45) is 6.47. The van der Waals surface area contributed by atoms with Gasteiger partial charge in [-0.15, -0.1) is 0 Å². The van der Waals surface area contributed by atoms with Crippen LogP contribution in [0.3, 0.4) is 0 Å². The Bertz CT molecular complexity index is 197. The van der Waals surface area contributed by atoms with Gasteiger partial charge in [0.25, 0.3) is 0 Å². The molecule has 1 N–H and O–H groups in total. The normalized spacial score (nSPS) is 23.2. The van der Waals surface area contributed by atoms with Gasteiger partial charge in [-0.05, 0) is 44.7 Å². The van der Waals surface area contributed by atoms with Crippen molar-refractivity contribution in [1.29, 1.82) is 0 Å². The first kappa shape index (κ1) is 15.9. The average molecular weight is 256 g/mol. The Morgan fingerprint density at radius 1 is 1.33 bits per heavy atom. The molecule has 108 valence electrons. The Labute approximate surface area is 113 Å². The van der Waals surface area contributed by atoms with Crippen molar-refractivity contribution >= 4 is 0 Å². The van der Waals surface area contributed by atoms with Gasteiger partial charge in [-0.3, -0.25) is 0 Å². The zero-order chi connectivity index (χ0) is 13.2. The zero-order valence-electron chi connectivity index (χ0n) is 12.6. The molecule has 3 nitrogen and oxygen atoms in total. The minimum absolute atomic E-state index is 0.677. The molecule has 0 amide bonds. The van der Waals surface area contributed by atoms with Crippen molar-refractivity contribution in [2.45, 2.75) is 52.0 Å². The Kier molecular flexibility index (Phi) is 8.64. The summed E-state index contributed by atoms with van der Waals surface area (Å²) in [6.45, 7) is 10.3. The molecule has 0 radical (unpaired) electrons. The fourth-order valence-corrected chi connectivity index (χ4v) is 2.96. The van der Waals surface area contributed by atoms with E-state index in [1.54, 1.807) is 0 Å². The lowest BCUT2D eigenvalue weighted by Gasteiger charge is -2.35. The summed E-state index contributed by atoms with van der Waals surface area (Å²) in [7, 11) is 1.82. The summed E-state index contributed by atoms with van der Waals surface area (Å²) in [5, 5.41) is 3.69. The predicted octanol–water partition coefficient (Wildman–Crippen LogP) is 2.51. The third kappa shape index (κ3) is 6.17. The molecule has 0 aromatic heterocycles. The molecule has 0 saturated carbocycles. The molecular weight excluding hydrogens is 224 g/mol. The van der Waals surface area contributed by atoms with Crippen molar-refractivity contribution in [3.63, 3.8) is 0 Å². The van der Waals surface area contributed by atoms with E-state index in [0.717, 1.165) is 19.1 Å². The van der Waals surface area contributed by atoms with Crippen molar-refractivity contribution in [2.75, 3.05) is 39.9 Å². The van der Waals surface area contributed by atoms with E-state index >= 15 is 0 Å². The van der Waals surface area contributed by atoms with E-state index in [9.17, 15) is 0 Å². The van der Waals surface area contributed by atoms with Crippen LogP contribution >= 0.6 is 0 Å². The summed E-state index contributed by atoms with van der Waals surface area (Å²) >= 11 is 0. The lowest BCUT2D eigenvalue weighted by atomic mass is 9.98. The maximum absolute atomic E-state index is 5.30. The van der Waals surface area contributed by atoms with E-state index in [1.807, 2.05) is 7.11 Å². The molecule has 1 fully saturated rings. The molecule has 1 aliphatic rings. The molecule has 1 saturated heterocycles. The standard InChI is InChI=1S/C15H32N2O/c1-4-7-15(16-9-5-2)12-17-10-6-8-14(11-17)13-18-3/h14-16H,4-13H2,1-3H3. The number of nitrogens with zero attached hydrogens (tertiary/aromatic N) is 1. The highest BCUT2D eigenvalue weighted by molar-refractivity contribution is 4.78. The van der Waals surface area contributed by atoms with E-state index in [-0.39, 0.29) is 0 Å². The van der Waals surface area contributed by atoms with Crippen LogP contribution in [-0.4, -0.2) is 50.8 Å². The number of rotatable bonds is 9. The van der Waals surface area contributed by atoms with Gasteiger partial charge in [0.05, 0.1) is 6.61 Å². The van der Waals surface area contributed by atoms with Crippen LogP contribution in [0.15, 0.2) is 0 Å². The van der Waals surface area contributed by atoms with Crippen molar-refractivity contribution in [2.24, 2.45) is 5.92 Å². The Morgan fingerprint density at radius 2 is 2.17 bits per heavy atom. The number of hydrogen-bond acceptors (Lipinski definition) is 3. The van der Waals surface area contributed by atoms with Crippen LogP contribution in [0.5, 0.6) is 0 Å². The number of nitrogens with one attached hydrogen (secondary N) is 1. The average Bonchev–Trinajstić information content (AvgIpc) is 2.37. The second kappa shape index (κ2) is 9.76. The number of piperidine rings is 1. The molecule has 0 aromatic carbocycles. The molecule has 3 heteroatoms. The fourth-order valence-electron chi connectivity index (χ4n) is 2.96. The van der Waals surface area contributed by atoms with Crippen molar-refractivity contribution < 1.29 is 4.74 Å². The van der Waals surface area contributed by atoms with Crippen LogP contribution in [0.4, 0.5) is 0 Å². The number of likely N-dealkylation sites (tertiary alicyclic amines) is 1. The summed E-state index contributed by atoms with van der Waals surface area (Å²) in [5.74, 6) is 0.747. The fraction of sp³-hybridized carbons (Fsp3) is 1.00. The highest BCUT2D eigenvalue weighted by Crippen LogP contribution is 2.17. The molecule has 0 aliphatic carbocycles. The van der Waals surface area contributed by atoms with Gasteiger partial charge in [-0.1, -0.05) is 20.3 Å².